The van der Waals surface area contributed by atoms with Crippen molar-refractivity contribution < 1.29 is 13.6 Å². The summed E-state index contributed by atoms with van der Waals surface area (Å²) >= 11 is 0. The van der Waals surface area contributed by atoms with Gasteiger partial charge in [-0.2, -0.15) is 8.42 Å². The number of anilines is 1. The minimum absolute atomic E-state index is 0.0469. The predicted octanol–water partition coefficient (Wildman–Crippen LogP) is 0.329. The SMILES string of the molecule is CN(c1ccccc1/C(N)=N/O)S(=O)(=O)c1cnc[nH]1. The van der Waals surface area contributed by atoms with Gasteiger partial charge in [-0.3, -0.25) is 4.31 Å². The van der Waals surface area contributed by atoms with Gasteiger partial charge in [-0.15, -0.1) is 0 Å². The number of nitrogens with two attached hydrogens (primary N) is 1. The van der Waals surface area contributed by atoms with Gasteiger partial charge in [-0.1, -0.05) is 17.3 Å². The summed E-state index contributed by atoms with van der Waals surface area (Å²) in [5.74, 6) is -0.174. The summed E-state index contributed by atoms with van der Waals surface area (Å²) < 4.78 is 25.8. The molecule has 0 saturated carbocycles. The van der Waals surface area contributed by atoms with Gasteiger partial charge in [0, 0.05) is 12.6 Å². The molecule has 0 aliphatic heterocycles. The van der Waals surface area contributed by atoms with Gasteiger partial charge in [0.05, 0.1) is 18.2 Å². The van der Waals surface area contributed by atoms with Crippen molar-refractivity contribution in [2.75, 3.05) is 11.4 Å². The molecule has 20 heavy (non-hydrogen) atoms. The molecule has 0 spiro atoms. The Morgan fingerprint density at radius 1 is 1.45 bits per heavy atom. The Bertz CT molecular complexity index is 724. The summed E-state index contributed by atoms with van der Waals surface area (Å²) in [6.07, 6.45) is 2.48. The van der Waals surface area contributed by atoms with Crippen LogP contribution in [0.25, 0.3) is 0 Å². The molecule has 0 atom stereocenters. The van der Waals surface area contributed by atoms with Gasteiger partial charge in [0.2, 0.25) is 0 Å². The monoisotopic (exact) mass is 295 g/mol. The quantitative estimate of drug-likeness (QED) is 0.324. The standard InChI is InChI=1S/C11H13N5O3S/c1-16(20(18,19)10-6-13-7-14-10)9-5-3-2-4-8(9)11(12)15-17/h2-7,17H,1H3,(H2,12,15)(H,13,14). The molecule has 2 aromatic rings. The van der Waals surface area contributed by atoms with Crippen LogP contribution >= 0.6 is 0 Å². The van der Waals surface area contributed by atoms with E-state index in [1.165, 1.54) is 19.6 Å². The Kier molecular flexibility index (Phi) is 3.61. The zero-order chi connectivity index (χ0) is 14.8. The van der Waals surface area contributed by atoms with Crippen LogP contribution in [0, 0.1) is 0 Å². The largest absolute Gasteiger partial charge is 0.409 e. The summed E-state index contributed by atoms with van der Waals surface area (Å²) in [5.41, 5.74) is 6.15. The molecule has 1 aromatic carbocycles. The van der Waals surface area contributed by atoms with E-state index in [1.54, 1.807) is 24.3 Å². The minimum Gasteiger partial charge on any atom is -0.409 e. The molecular formula is C11H13N5O3S. The van der Waals surface area contributed by atoms with E-state index in [2.05, 4.69) is 15.1 Å². The van der Waals surface area contributed by atoms with E-state index in [1.807, 2.05) is 0 Å². The van der Waals surface area contributed by atoms with Crippen molar-refractivity contribution in [3.63, 3.8) is 0 Å². The molecule has 1 heterocycles. The first-order valence-electron chi connectivity index (χ1n) is 5.52. The van der Waals surface area contributed by atoms with E-state index in [9.17, 15) is 8.42 Å². The maximum Gasteiger partial charge on any atom is 0.281 e. The van der Waals surface area contributed by atoms with E-state index in [-0.39, 0.29) is 16.5 Å². The number of H-pyrrole nitrogens is 1. The van der Waals surface area contributed by atoms with Crippen LogP contribution in [-0.2, 0) is 10.0 Å². The summed E-state index contributed by atoms with van der Waals surface area (Å²) in [6.45, 7) is 0. The molecule has 0 unspecified atom stereocenters. The molecule has 0 aliphatic rings. The number of sulfonamides is 1. The number of hydrogen-bond donors (Lipinski definition) is 3. The number of amidine groups is 1. The fourth-order valence-electron chi connectivity index (χ4n) is 1.68. The van der Waals surface area contributed by atoms with Crippen molar-refractivity contribution in [1.29, 1.82) is 0 Å². The van der Waals surface area contributed by atoms with Crippen LogP contribution in [0.3, 0.4) is 0 Å². The summed E-state index contributed by atoms with van der Waals surface area (Å²) in [6, 6.07) is 6.43. The van der Waals surface area contributed by atoms with E-state index in [0.717, 1.165) is 4.31 Å². The molecule has 0 saturated heterocycles. The molecule has 0 amide bonds. The van der Waals surface area contributed by atoms with E-state index < -0.39 is 10.0 Å². The van der Waals surface area contributed by atoms with E-state index in [0.29, 0.717) is 5.56 Å². The molecule has 106 valence electrons. The number of rotatable bonds is 4. The Balaban J connectivity index is 2.53. The van der Waals surface area contributed by atoms with Crippen LogP contribution in [-0.4, -0.2) is 36.5 Å². The highest BCUT2D eigenvalue weighted by atomic mass is 32.2. The van der Waals surface area contributed by atoms with Crippen molar-refractivity contribution in [1.82, 2.24) is 9.97 Å². The minimum atomic E-state index is -3.79. The average molecular weight is 295 g/mol. The van der Waals surface area contributed by atoms with Gasteiger partial charge in [0.25, 0.3) is 10.0 Å². The molecule has 0 aliphatic carbocycles. The van der Waals surface area contributed by atoms with Crippen molar-refractivity contribution in [3.05, 3.63) is 42.4 Å². The molecule has 1 aromatic heterocycles. The normalized spacial score (nSPS) is 12.3. The number of oxime groups is 1. The number of para-hydroxylation sites is 1. The fourth-order valence-corrected chi connectivity index (χ4v) is 2.79. The highest BCUT2D eigenvalue weighted by Crippen LogP contribution is 2.24. The van der Waals surface area contributed by atoms with Crippen LogP contribution in [0.1, 0.15) is 5.56 Å². The van der Waals surface area contributed by atoms with E-state index in [4.69, 9.17) is 10.9 Å². The topological polar surface area (TPSA) is 125 Å². The second-order valence-corrected chi connectivity index (χ2v) is 5.83. The van der Waals surface area contributed by atoms with Gasteiger partial charge in [0.1, 0.15) is 0 Å². The first kappa shape index (κ1) is 13.9. The van der Waals surface area contributed by atoms with Crippen LogP contribution < -0.4 is 10.0 Å². The van der Waals surface area contributed by atoms with Crippen LogP contribution in [0.4, 0.5) is 5.69 Å². The first-order chi connectivity index (χ1) is 9.48. The molecule has 0 bridgehead atoms. The predicted molar refractivity (Wildman–Crippen MR) is 73.1 cm³/mol. The molecule has 0 fully saturated rings. The third-order valence-corrected chi connectivity index (χ3v) is 4.44. The number of aromatic nitrogens is 2. The van der Waals surface area contributed by atoms with Crippen molar-refractivity contribution in [2.45, 2.75) is 5.03 Å². The maximum atomic E-state index is 12.4. The number of nitrogens with zero attached hydrogens (tertiary/aromatic N) is 3. The number of imidazole rings is 1. The van der Waals surface area contributed by atoms with Crippen LogP contribution in [0.2, 0.25) is 0 Å². The first-order valence-corrected chi connectivity index (χ1v) is 6.96. The van der Waals surface area contributed by atoms with E-state index >= 15 is 0 Å². The second-order valence-electron chi connectivity index (χ2n) is 3.89. The van der Waals surface area contributed by atoms with Gasteiger partial charge < -0.3 is 15.9 Å². The fraction of sp³-hybridized carbons (Fsp3) is 0.0909. The summed E-state index contributed by atoms with van der Waals surface area (Å²) in [4.78, 5) is 6.23. The lowest BCUT2D eigenvalue weighted by Crippen LogP contribution is -2.29. The lowest BCUT2D eigenvalue weighted by Gasteiger charge is -2.20. The lowest BCUT2D eigenvalue weighted by atomic mass is 10.1. The smallest absolute Gasteiger partial charge is 0.281 e. The molecule has 9 heteroatoms. The molecule has 2 rings (SSSR count). The lowest BCUT2D eigenvalue weighted by molar-refractivity contribution is 0.318. The maximum absolute atomic E-state index is 12.4. The molecule has 4 N–H and O–H groups in total. The van der Waals surface area contributed by atoms with Crippen molar-refractivity contribution in [2.24, 2.45) is 10.9 Å². The molecule has 8 nitrogen and oxygen atoms in total. The Hall–Kier alpha value is -2.55. The van der Waals surface area contributed by atoms with Gasteiger partial charge in [0.15, 0.2) is 10.9 Å². The Labute approximate surface area is 115 Å². The van der Waals surface area contributed by atoms with Crippen LogP contribution in [0.15, 0.2) is 47.0 Å². The zero-order valence-corrected chi connectivity index (χ0v) is 11.4. The molecular weight excluding hydrogens is 282 g/mol. The third kappa shape index (κ3) is 2.30. The highest BCUT2D eigenvalue weighted by molar-refractivity contribution is 7.92. The van der Waals surface area contributed by atoms with Gasteiger partial charge in [-0.05, 0) is 12.1 Å². The van der Waals surface area contributed by atoms with Gasteiger partial charge >= 0.3 is 0 Å². The van der Waals surface area contributed by atoms with Gasteiger partial charge in [-0.25, -0.2) is 4.98 Å². The second kappa shape index (κ2) is 5.21. The number of hydrogen-bond acceptors (Lipinski definition) is 5. The summed E-state index contributed by atoms with van der Waals surface area (Å²) in [5, 5.41) is 11.6. The number of benzene rings is 1. The highest BCUT2D eigenvalue weighted by Gasteiger charge is 2.25. The Morgan fingerprint density at radius 2 is 2.15 bits per heavy atom. The summed E-state index contributed by atoms with van der Waals surface area (Å²) in [7, 11) is -2.42. The zero-order valence-electron chi connectivity index (χ0n) is 10.6. The number of nitrogens with one attached hydrogen (secondary N) is 1. The van der Waals surface area contributed by atoms with Crippen molar-refractivity contribution in [3.8, 4) is 0 Å². The number of aromatic amines is 1. The average Bonchev–Trinajstić information content (AvgIpc) is 3.00. The van der Waals surface area contributed by atoms with Crippen LogP contribution in [0.5, 0.6) is 0 Å². The third-order valence-electron chi connectivity index (χ3n) is 2.74. The molecule has 0 radical (unpaired) electrons. The van der Waals surface area contributed by atoms with Crippen molar-refractivity contribution >= 4 is 21.5 Å². The Morgan fingerprint density at radius 3 is 2.75 bits per heavy atom.